The van der Waals surface area contributed by atoms with Gasteiger partial charge in [-0.1, -0.05) is 17.7 Å². The van der Waals surface area contributed by atoms with Gasteiger partial charge in [0.2, 0.25) is 5.91 Å². The number of hydrogen-bond acceptors (Lipinski definition) is 5. The molecule has 1 N–H and O–H groups in total. The summed E-state index contributed by atoms with van der Waals surface area (Å²) in [5.74, 6) is 0.936. The Labute approximate surface area is 175 Å². The van der Waals surface area contributed by atoms with Crippen LogP contribution in [0.15, 0.2) is 30.3 Å². The number of carbonyl (C=O) groups excluding carboxylic acids is 1. The maximum Gasteiger partial charge on any atom is 0.236 e. The van der Waals surface area contributed by atoms with E-state index in [9.17, 15) is 4.79 Å². The fraction of sp³-hybridized carbons (Fsp3) is 0.524. The van der Waals surface area contributed by atoms with Crippen molar-refractivity contribution in [2.45, 2.75) is 25.4 Å². The topological polar surface area (TPSA) is 70.7 Å². The number of benzene rings is 1. The summed E-state index contributed by atoms with van der Waals surface area (Å²) in [7, 11) is 0. The number of aromatic nitrogens is 2. The van der Waals surface area contributed by atoms with Crippen molar-refractivity contribution in [3.63, 3.8) is 0 Å². The van der Waals surface area contributed by atoms with Crippen LogP contribution in [0.2, 0.25) is 5.02 Å². The van der Waals surface area contributed by atoms with E-state index in [-0.39, 0.29) is 12.0 Å². The highest BCUT2D eigenvalue weighted by molar-refractivity contribution is 6.30. The number of carbonyl (C=O) groups is 1. The molecule has 4 rings (SSSR count). The third-order valence-electron chi connectivity index (χ3n) is 5.39. The molecule has 1 aromatic heterocycles. The summed E-state index contributed by atoms with van der Waals surface area (Å²) < 4.78 is 11.6. The van der Waals surface area contributed by atoms with Crippen molar-refractivity contribution in [1.82, 2.24) is 20.0 Å². The maximum absolute atomic E-state index is 12.6. The van der Waals surface area contributed by atoms with Gasteiger partial charge in [-0.2, -0.15) is 5.10 Å². The minimum absolute atomic E-state index is 0.186. The van der Waals surface area contributed by atoms with Crippen molar-refractivity contribution in [3.8, 4) is 5.75 Å². The van der Waals surface area contributed by atoms with E-state index in [1.54, 1.807) is 6.07 Å². The summed E-state index contributed by atoms with van der Waals surface area (Å²) in [6.45, 7) is 4.83. The number of halogens is 1. The first-order chi connectivity index (χ1) is 14.2. The second kappa shape index (κ2) is 9.61. The van der Waals surface area contributed by atoms with Gasteiger partial charge < -0.3 is 14.4 Å². The van der Waals surface area contributed by atoms with E-state index in [0.717, 1.165) is 30.2 Å². The third-order valence-corrected chi connectivity index (χ3v) is 5.63. The Hall–Kier alpha value is -2.09. The average Bonchev–Trinajstić information content (AvgIpc) is 3.40. The van der Waals surface area contributed by atoms with Crippen molar-refractivity contribution in [2.75, 3.05) is 45.9 Å². The number of amides is 1. The second-order valence-corrected chi connectivity index (χ2v) is 7.99. The number of rotatable bonds is 7. The zero-order chi connectivity index (χ0) is 20.1. The Morgan fingerprint density at radius 3 is 2.97 bits per heavy atom. The van der Waals surface area contributed by atoms with Gasteiger partial charge >= 0.3 is 0 Å². The molecule has 2 aliphatic rings. The number of hydrogen-bond donors (Lipinski definition) is 1. The quantitative estimate of drug-likeness (QED) is 0.748. The van der Waals surface area contributed by atoms with Crippen LogP contribution in [0.4, 0.5) is 0 Å². The Balaban J connectivity index is 1.27. The predicted octanol–water partition coefficient (Wildman–Crippen LogP) is 2.68. The minimum Gasteiger partial charge on any atom is -0.493 e. The van der Waals surface area contributed by atoms with Crippen LogP contribution in [0.3, 0.4) is 0 Å². The molecule has 7 nitrogen and oxygen atoms in total. The number of nitrogens with one attached hydrogen (secondary N) is 1. The molecule has 2 fully saturated rings. The third kappa shape index (κ3) is 5.50. The van der Waals surface area contributed by atoms with E-state index in [1.807, 2.05) is 29.2 Å². The largest absolute Gasteiger partial charge is 0.493 e. The molecule has 2 aromatic rings. The number of nitrogens with zero attached hydrogens (tertiary/aromatic N) is 3. The van der Waals surface area contributed by atoms with E-state index in [2.05, 4.69) is 15.1 Å². The van der Waals surface area contributed by atoms with E-state index >= 15 is 0 Å². The predicted molar refractivity (Wildman–Crippen MR) is 110 cm³/mol. The van der Waals surface area contributed by atoms with E-state index in [1.165, 1.54) is 12.8 Å². The second-order valence-electron chi connectivity index (χ2n) is 7.56. The lowest BCUT2D eigenvalue weighted by Crippen LogP contribution is -2.46. The van der Waals surface area contributed by atoms with E-state index < -0.39 is 0 Å². The molecule has 3 heterocycles. The summed E-state index contributed by atoms with van der Waals surface area (Å²) in [6, 6.07) is 9.36. The van der Waals surface area contributed by atoms with Crippen LogP contribution < -0.4 is 4.74 Å². The zero-order valence-electron chi connectivity index (χ0n) is 16.5. The molecule has 0 unspecified atom stereocenters. The van der Waals surface area contributed by atoms with Gasteiger partial charge in [0.1, 0.15) is 11.9 Å². The first kappa shape index (κ1) is 20.2. The molecule has 2 saturated heterocycles. The Morgan fingerprint density at radius 2 is 2.14 bits per heavy atom. The first-order valence-electron chi connectivity index (χ1n) is 10.2. The molecule has 1 aromatic carbocycles. The van der Waals surface area contributed by atoms with Crippen molar-refractivity contribution < 1.29 is 14.3 Å². The van der Waals surface area contributed by atoms with Crippen molar-refractivity contribution in [1.29, 1.82) is 0 Å². The smallest absolute Gasteiger partial charge is 0.236 e. The monoisotopic (exact) mass is 418 g/mol. The van der Waals surface area contributed by atoms with Gasteiger partial charge in [-0.3, -0.25) is 14.8 Å². The summed E-state index contributed by atoms with van der Waals surface area (Å²) in [4.78, 5) is 16.8. The van der Waals surface area contributed by atoms with Gasteiger partial charge in [0.05, 0.1) is 32.0 Å². The molecule has 156 valence electrons. The highest BCUT2D eigenvalue weighted by Gasteiger charge is 2.28. The molecule has 2 aliphatic heterocycles. The standard InChI is InChI=1S/C21H27ClN4O3/c22-16-4-3-5-18(12-16)28-10-6-17-13-19(24-23-17)20-14-26(9-11-29-20)21(27)15-25-7-1-2-8-25/h3-5,12-13,20H,1-2,6-11,14-15H2,(H,23,24)/t20-/m0/s1. The van der Waals surface area contributed by atoms with Gasteiger partial charge in [0, 0.05) is 23.7 Å². The van der Waals surface area contributed by atoms with Gasteiger partial charge in [-0.05, 0) is 50.2 Å². The van der Waals surface area contributed by atoms with Crippen LogP contribution in [-0.2, 0) is 16.0 Å². The molecule has 0 bridgehead atoms. The fourth-order valence-corrected chi connectivity index (χ4v) is 3.98. The van der Waals surface area contributed by atoms with Crippen LogP contribution in [0.1, 0.15) is 30.3 Å². The average molecular weight is 419 g/mol. The van der Waals surface area contributed by atoms with Crippen LogP contribution >= 0.6 is 11.6 Å². The maximum atomic E-state index is 12.6. The molecule has 0 aliphatic carbocycles. The van der Waals surface area contributed by atoms with Gasteiger partial charge in [0.15, 0.2) is 0 Å². The first-order valence-corrected chi connectivity index (χ1v) is 10.6. The summed E-state index contributed by atoms with van der Waals surface area (Å²) >= 11 is 5.97. The van der Waals surface area contributed by atoms with Crippen LogP contribution in [0, 0.1) is 0 Å². The normalized spacial score (nSPS) is 20.2. The summed E-state index contributed by atoms with van der Waals surface area (Å²) in [5, 5.41) is 8.11. The number of H-pyrrole nitrogens is 1. The molecule has 8 heteroatoms. The van der Waals surface area contributed by atoms with E-state index in [4.69, 9.17) is 21.1 Å². The van der Waals surface area contributed by atoms with Gasteiger partial charge in [0.25, 0.3) is 0 Å². The van der Waals surface area contributed by atoms with Crippen molar-refractivity contribution >= 4 is 17.5 Å². The molecule has 29 heavy (non-hydrogen) atoms. The SMILES string of the molecule is O=C(CN1CCCC1)N1CCO[C@H](c2cc(CCOc3cccc(Cl)c3)[nH]n2)C1. The lowest BCUT2D eigenvalue weighted by atomic mass is 10.2. The summed E-state index contributed by atoms with van der Waals surface area (Å²) in [5.41, 5.74) is 1.81. The van der Waals surface area contributed by atoms with Gasteiger partial charge in [-0.25, -0.2) is 0 Å². The molecule has 0 spiro atoms. The zero-order valence-corrected chi connectivity index (χ0v) is 17.2. The molecule has 1 amide bonds. The minimum atomic E-state index is -0.190. The molecular formula is C21H27ClN4O3. The Morgan fingerprint density at radius 1 is 1.28 bits per heavy atom. The molecule has 0 saturated carbocycles. The number of likely N-dealkylation sites (tertiary alicyclic amines) is 1. The van der Waals surface area contributed by atoms with Crippen molar-refractivity contribution in [2.24, 2.45) is 0 Å². The summed E-state index contributed by atoms with van der Waals surface area (Å²) in [6.07, 6.45) is 2.89. The van der Waals surface area contributed by atoms with Crippen LogP contribution in [-0.4, -0.2) is 71.8 Å². The molecular weight excluding hydrogens is 392 g/mol. The molecule has 0 radical (unpaired) electrons. The lowest BCUT2D eigenvalue weighted by Gasteiger charge is -2.33. The van der Waals surface area contributed by atoms with Crippen molar-refractivity contribution in [3.05, 3.63) is 46.7 Å². The number of morpholine rings is 1. The molecule has 1 atom stereocenters. The Kier molecular flexibility index (Phi) is 6.69. The number of aromatic amines is 1. The highest BCUT2D eigenvalue weighted by Crippen LogP contribution is 2.22. The lowest BCUT2D eigenvalue weighted by molar-refractivity contribution is -0.140. The van der Waals surface area contributed by atoms with Crippen LogP contribution in [0.5, 0.6) is 5.75 Å². The van der Waals surface area contributed by atoms with Crippen LogP contribution in [0.25, 0.3) is 0 Å². The number of ether oxygens (including phenoxy) is 2. The Bertz CT molecular complexity index is 822. The fourth-order valence-electron chi connectivity index (χ4n) is 3.79. The highest BCUT2D eigenvalue weighted by atomic mass is 35.5. The van der Waals surface area contributed by atoms with Gasteiger partial charge in [-0.15, -0.1) is 0 Å². The van der Waals surface area contributed by atoms with E-state index in [0.29, 0.717) is 44.3 Å².